The van der Waals surface area contributed by atoms with Gasteiger partial charge in [0.25, 0.3) is 11.8 Å². The van der Waals surface area contributed by atoms with Gasteiger partial charge in [0.05, 0.1) is 25.3 Å². The molecule has 2 amide bonds. The first-order valence-corrected chi connectivity index (χ1v) is 13.9. The third-order valence-corrected chi connectivity index (χ3v) is 8.69. The van der Waals surface area contributed by atoms with E-state index in [0.717, 1.165) is 12.0 Å². The van der Waals surface area contributed by atoms with Gasteiger partial charge in [-0.2, -0.15) is 0 Å². The van der Waals surface area contributed by atoms with Crippen molar-refractivity contribution >= 4 is 23.7 Å². The molecule has 1 unspecified atom stereocenters. The first kappa shape index (κ1) is 27.6. The summed E-state index contributed by atoms with van der Waals surface area (Å²) in [5.74, 6) is 0.440. The first-order chi connectivity index (χ1) is 20.1. The standard InChI is InChI=1S/C28H35N9O5/c1-27(2)9-11-42-20-14(6-4-7-15(20)27)23(39)33-17-13-37-26(30)34-16(21-28(37,22(17)38)36-25(29)35-21)12-32-24(40)19-18(41-3)8-5-10-31-19/h4-8,10,16-17,21-22,38H,9,11-13H2,1-3H3,(H2,30,34)(H,32,40)(H,33,39)(H3,29,35,36)/p+1/t16-,17?,21-,22+,28-/m0/s1. The highest BCUT2D eigenvalue weighted by Crippen LogP contribution is 2.41. The second-order valence-electron chi connectivity index (χ2n) is 11.6. The van der Waals surface area contributed by atoms with E-state index >= 15 is 0 Å². The monoisotopic (exact) mass is 578 g/mol. The third kappa shape index (κ3) is 4.24. The van der Waals surface area contributed by atoms with Gasteiger partial charge in [-0.05, 0) is 30.0 Å². The average Bonchev–Trinajstić information content (AvgIpc) is 3.47. The van der Waals surface area contributed by atoms with Crippen molar-refractivity contribution in [2.75, 3.05) is 26.8 Å². The molecule has 0 bridgehead atoms. The number of aliphatic hydroxyl groups is 1. The summed E-state index contributed by atoms with van der Waals surface area (Å²) in [5.41, 5.74) is 12.8. The molecule has 42 heavy (non-hydrogen) atoms. The lowest BCUT2D eigenvalue weighted by molar-refractivity contribution is -0.513. The number of methoxy groups -OCH3 is 1. The lowest BCUT2D eigenvalue weighted by atomic mass is 9.79. The van der Waals surface area contributed by atoms with E-state index in [9.17, 15) is 14.7 Å². The zero-order valence-corrected chi connectivity index (χ0v) is 23.7. The second-order valence-corrected chi connectivity index (χ2v) is 11.6. The lowest BCUT2D eigenvalue weighted by Crippen LogP contribution is -2.88. The van der Waals surface area contributed by atoms with E-state index in [4.69, 9.17) is 20.9 Å². The molecule has 222 valence electrons. The van der Waals surface area contributed by atoms with Crippen LogP contribution in [0, 0.1) is 0 Å². The number of aliphatic hydroxyl groups excluding tert-OH is 1. The van der Waals surface area contributed by atoms with Gasteiger partial charge in [-0.1, -0.05) is 26.0 Å². The Morgan fingerprint density at radius 2 is 2.07 bits per heavy atom. The Bertz CT molecular complexity index is 1490. The average molecular weight is 579 g/mol. The zero-order valence-electron chi connectivity index (χ0n) is 23.7. The van der Waals surface area contributed by atoms with Gasteiger partial charge in [-0.25, -0.2) is 15.3 Å². The number of benzene rings is 1. The van der Waals surface area contributed by atoms with Gasteiger partial charge >= 0.3 is 5.96 Å². The predicted octanol–water partition coefficient (Wildman–Crippen LogP) is -2.88. The van der Waals surface area contributed by atoms with Crippen molar-refractivity contribution in [3.63, 3.8) is 0 Å². The Labute approximate surface area is 242 Å². The maximum atomic E-state index is 13.6. The van der Waals surface area contributed by atoms with Crippen LogP contribution in [0.2, 0.25) is 0 Å². The Morgan fingerprint density at radius 3 is 2.86 bits per heavy atom. The molecular formula is C28H36N9O5+. The fraction of sp³-hybridized carbons (Fsp3) is 0.464. The van der Waals surface area contributed by atoms with E-state index in [0.29, 0.717) is 23.7 Å². The van der Waals surface area contributed by atoms with Crippen molar-refractivity contribution in [3.8, 4) is 11.5 Å². The van der Waals surface area contributed by atoms with Crippen molar-refractivity contribution in [3.05, 3.63) is 53.3 Å². The van der Waals surface area contributed by atoms with Crippen LogP contribution in [-0.4, -0.2) is 95.4 Å². The molecule has 4 aliphatic heterocycles. The summed E-state index contributed by atoms with van der Waals surface area (Å²) < 4.78 is 11.2. The smallest absolute Gasteiger partial charge is 0.343 e. The minimum absolute atomic E-state index is 0.0640. The van der Waals surface area contributed by atoms with Crippen LogP contribution in [0.4, 0.5) is 0 Å². The summed E-state index contributed by atoms with van der Waals surface area (Å²) in [7, 11) is 1.46. The van der Waals surface area contributed by atoms with E-state index in [-0.39, 0.29) is 42.0 Å². The van der Waals surface area contributed by atoms with Crippen LogP contribution >= 0.6 is 0 Å². The molecule has 1 saturated heterocycles. The molecule has 1 aromatic heterocycles. The van der Waals surface area contributed by atoms with E-state index in [1.165, 1.54) is 13.3 Å². The molecule has 0 aliphatic carbocycles. The van der Waals surface area contributed by atoms with Crippen molar-refractivity contribution in [2.24, 2.45) is 16.5 Å². The van der Waals surface area contributed by atoms with Gasteiger partial charge < -0.3 is 35.8 Å². The summed E-state index contributed by atoms with van der Waals surface area (Å²) in [6.45, 7) is 5.00. The molecule has 14 nitrogen and oxygen atoms in total. The topological polar surface area (TPSA) is 203 Å². The number of nitrogens with zero attached hydrogens (tertiary/aromatic N) is 3. The minimum Gasteiger partial charge on any atom is -0.494 e. The number of amides is 2. The highest BCUT2D eigenvalue weighted by molar-refractivity contribution is 5.98. The van der Waals surface area contributed by atoms with Gasteiger partial charge in [-0.3, -0.25) is 20.3 Å². The largest absolute Gasteiger partial charge is 0.494 e. The fourth-order valence-corrected chi connectivity index (χ4v) is 6.49. The summed E-state index contributed by atoms with van der Waals surface area (Å²) >= 11 is 0. The minimum atomic E-state index is -1.22. The van der Waals surface area contributed by atoms with Gasteiger partial charge in [0.2, 0.25) is 5.66 Å². The number of guanidine groups is 2. The molecule has 1 fully saturated rings. The number of aromatic nitrogens is 1. The zero-order chi connectivity index (χ0) is 29.8. The van der Waals surface area contributed by atoms with E-state index in [1.54, 1.807) is 23.1 Å². The van der Waals surface area contributed by atoms with Crippen LogP contribution in [0.1, 0.15) is 46.7 Å². The number of nitrogens with two attached hydrogens (primary N) is 2. The van der Waals surface area contributed by atoms with Crippen molar-refractivity contribution < 1.29 is 29.2 Å². The first-order valence-electron chi connectivity index (χ1n) is 13.9. The highest BCUT2D eigenvalue weighted by atomic mass is 16.5. The van der Waals surface area contributed by atoms with Gasteiger partial charge in [0.15, 0.2) is 17.7 Å². The summed E-state index contributed by atoms with van der Waals surface area (Å²) in [6.07, 6.45) is 1.19. The second kappa shape index (κ2) is 10.0. The van der Waals surface area contributed by atoms with Crippen molar-refractivity contribution in [2.45, 2.75) is 55.6 Å². The van der Waals surface area contributed by atoms with E-state index < -0.39 is 35.8 Å². The molecule has 1 aromatic carbocycles. The summed E-state index contributed by atoms with van der Waals surface area (Å²) in [4.78, 5) is 40.1. The number of nitrogens with one attached hydrogen (secondary N) is 4. The van der Waals surface area contributed by atoms with Gasteiger partial charge in [0.1, 0.15) is 23.6 Å². The number of rotatable bonds is 6. The van der Waals surface area contributed by atoms with Crippen molar-refractivity contribution in [1.82, 2.24) is 25.8 Å². The van der Waals surface area contributed by atoms with E-state index in [2.05, 4.69) is 44.8 Å². The van der Waals surface area contributed by atoms with Crippen LogP contribution in [0.25, 0.3) is 0 Å². The molecule has 0 radical (unpaired) electrons. The number of carbonyl (C=O) groups excluding carboxylic acids is 2. The molecule has 14 heteroatoms. The number of hydrogen-bond acceptors (Lipinski definition) is 11. The lowest BCUT2D eigenvalue weighted by Gasteiger charge is -2.43. The number of ether oxygens (including phenoxy) is 2. The highest BCUT2D eigenvalue weighted by Gasteiger charge is 2.68. The Balaban J connectivity index is 1.23. The van der Waals surface area contributed by atoms with Crippen LogP contribution in [0.3, 0.4) is 0 Å². The van der Waals surface area contributed by atoms with Crippen LogP contribution in [0.5, 0.6) is 11.5 Å². The quantitative estimate of drug-likeness (QED) is 0.186. The predicted molar refractivity (Wildman–Crippen MR) is 152 cm³/mol. The molecule has 5 atom stereocenters. The number of carbonyl (C=O) groups is 2. The van der Waals surface area contributed by atoms with Crippen LogP contribution in [0.15, 0.2) is 41.5 Å². The maximum absolute atomic E-state index is 13.6. The number of pyridine rings is 1. The summed E-state index contributed by atoms with van der Waals surface area (Å²) in [6, 6.07) is 6.91. The molecule has 4 aliphatic rings. The number of hydrogen-bond donors (Lipinski definition) is 7. The normalized spacial score (nSPS) is 28.6. The van der Waals surface area contributed by atoms with Crippen LogP contribution < -0.4 is 41.9 Å². The number of fused-ring (bicyclic) bond motifs is 1. The Morgan fingerprint density at radius 1 is 1.26 bits per heavy atom. The number of para-hydroxylation sites is 1. The molecule has 0 saturated carbocycles. The Kier molecular flexibility index (Phi) is 6.60. The molecule has 6 rings (SSSR count). The summed E-state index contributed by atoms with van der Waals surface area (Å²) in [5, 5.41) is 20.7. The molecule has 2 aromatic rings. The van der Waals surface area contributed by atoms with Crippen LogP contribution in [-0.2, 0) is 5.41 Å². The maximum Gasteiger partial charge on any atom is 0.343 e. The number of aliphatic imine (C=N–C) groups is 1. The van der Waals surface area contributed by atoms with Crippen molar-refractivity contribution in [1.29, 1.82) is 0 Å². The van der Waals surface area contributed by atoms with E-state index in [1.807, 2.05) is 12.1 Å². The van der Waals surface area contributed by atoms with Gasteiger partial charge in [0, 0.05) is 24.8 Å². The molecular weight excluding hydrogens is 542 g/mol. The molecule has 1 spiro atoms. The Hall–Kier alpha value is -4.59. The SMILES string of the molecule is COc1cccnc1C(=O)NC[C@@H]1N=C(N)N2CC(NC(=O)c3cccc4c3OCCC4(C)C)[C@@H](O)[C@@]23NC(N)=[NH+][C@@H]13. The molecule has 9 N–H and O–H groups in total. The fourth-order valence-electron chi connectivity index (χ4n) is 6.49. The molecule has 5 heterocycles. The van der Waals surface area contributed by atoms with Gasteiger partial charge in [-0.15, -0.1) is 0 Å². The third-order valence-electron chi connectivity index (χ3n) is 8.69.